The first-order valence-corrected chi connectivity index (χ1v) is 5.94. The van der Waals surface area contributed by atoms with Gasteiger partial charge in [0.05, 0.1) is 0 Å². The third kappa shape index (κ3) is 1.93. The van der Waals surface area contributed by atoms with Gasteiger partial charge < -0.3 is 4.55 Å². The number of rotatable bonds is 2. The maximum atomic E-state index is 11.0. The van der Waals surface area contributed by atoms with Crippen LogP contribution >= 0.6 is 0 Å². The van der Waals surface area contributed by atoms with Gasteiger partial charge in [-0.15, -0.1) is 0 Å². The summed E-state index contributed by atoms with van der Waals surface area (Å²) in [5.41, 5.74) is 0. The molecule has 2 aliphatic rings. The average molecular weight is 188 g/mol. The van der Waals surface area contributed by atoms with Crippen LogP contribution in [0.3, 0.4) is 0 Å². The minimum absolute atomic E-state index is 0.264. The highest BCUT2D eigenvalue weighted by Gasteiger charge is 2.34. The number of piperidine rings is 1. The van der Waals surface area contributed by atoms with Crippen molar-refractivity contribution < 1.29 is 4.55 Å². The molecule has 4 heteroatoms. The molecule has 2 fully saturated rings. The maximum Gasteiger partial charge on any atom is 0.137 e. The Hall–Kier alpha value is 0.230. The van der Waals surface area contributed by atoms with E-state index in [0.29, 0.717) is 0 Å². The molecule has 0 radical (unpaired) electrons. The minimum atomic E-state index is -1.09. The van der Waals surface area contributed by atoms with Crippen LogP contribution in [0.25, 0.3) is 0 Å². The molecule has 3 nitrogen and oxygen atoms in total. The highest BCUT2D eigenvalue weighted by atomic mass is 32.2. The van der Waals surface area contributed by atoms with E-state index in [4.69, 9.17) is 5.14 Å². The van der Waals surface area contributed by atoms with E-state index in [1.807, 2.05) is 0 Å². The van der Waals surface area contributed by atoms with Crippen LogP contribution in [-0.2, 0) is 11.4 Å². The van der Waals surface area contributed by atoms with E-state index >= 15 is 0 Å². The highest BCUT2D eigenvalue weighted by Crippen LogP contribution is 2.30. The average Bonchev–Trinajstić information content (AvgIpc) is 2.87. The van der Waals surface area contributed by atoms with E-state index < -0.39 is 11.4 Å². The summed E-state index contributed by atoms with van der Waals surface area (Å²) in [6.07, 6.45) is 4.80. The lowest BCUT2D eigenvalue weighted by Gasteiger charge is -2.30. The summed E-state index contributed by atoms with van der Waals surface area (Å²) in [5.74, 6) is 0. The second kappa shape index (κ2) is 3.54. The molecule has 1 unspecified atom stereocenters. The largest absolute Gasteiger partial charge is 0.598 e. The van der Waals surface area contributed by atoms with Crippen molar-refractivity contribution in [1.29, 1.82) is 0 Å². The molecule has 0 spiro atoms. The van der Waals surface area contributed by atoms with Crippen molar-refractivity contribution in [1.82, 2.24) is 4.90 Å². The highest BCUT2D eigenvalue weighted by molar-refractivity contribution is 7.89. The standard InChI is InChI=1S/C8H16N2OS/c9-12(11)8-3-5-10(6-4-8)7-1-2-7/h7-8H,1-6,9H2. The molecule has 1 aliphatic carbocycles. The molecule has 1 aliphatic heterocycles. The minimum Gasteiger partial charge on any atom is -0.598 e. The first-order valence-electron chi connectivity index (χ1n) is 4.66. The second-order valence-electron chi connectivity index (χ2n) is 3.80. The normalized spacial score (nSPS) is 30.5. The van der Waals surface area contributed by atoms with E-state index in [1.54, 1.807) is 0 Å². The van der Waals surface area contributed by atoms with Gasteiger partial charge in [0, 0.05) is 43.3 Å². The number of nitrogens with zero attached hydrogens (tertiary/aromatic N) is 1. The van der Waals surface area contributed by atoms with Gasteiger partial charge in [0.25, 0.3) is 0 Å². The van der Waals surface area contributed by atoms with E-state index in [9.17, 15) is 4.55 Å². The van der Waals surface area contributed by atoms with Gasteiger partial charge in [-0.3, -0.25) is 4.90 Å². The van der Waals surface area contributed by atoms with Crippen LogP contribution in [0.2, 0.25) is 0 Å². The number of likely N-dealkylation sites (tertiary alicyclic amines) is 1. The monoisotopic (exact) mass is 188 g/mol. The fourth-order valence-corrected chi connectivity index (χ4v) is 2.59. The topological polar surface area (TPSA) is 52.3 Å². The fourth-order valence-electron chi connectivity index (χ4n) is 1.91. The van der Waals surface area contributed by atoms with E-state index in [0.717, 1.165) is 32.0 Å². The van der Waals surface area contributed by atoms with Gasteiger partial charge in [-0.25, -0.2) is 0 Å². The van der Waals surface area contributed by atoms with Gasteiger partial charge in [0.2, 0.25) is 0 Å². The Kier molecular flexibility index (Phi) is 2.60. The molecular formula is C8H16N2OS. The summed E-state index contributed by atoms with van der Waals surface area (Å²) in [7, 11) is 0. The number of nitrogens with two attached hydrogens (primary N) is 1. The SMILES string of the molecule is N[S+]([O-])C1CCN(C2CC2)CC1. The molecule has 0 aromatic heterocycles. The molecule has 1 saturated carbocycles. The molecule has 0 aromatic rings. The zero-order valence-electron chi connectivity index (χ0n) is 7.24. The summed E-state index contributed by atoms with van der Waals surface area (Å²) in [5, 5.41) is 5.62. The van der Waals surface area contributed by atoms with Crippen molar-refractivity contribution in [2.45, 2.75) is 37.0 Å². The molecule has 1 atom stereocenters. The Balaban J connectivity index is 1.76. The van der Waals surface area contributed by atoms with Gasteiger partial charge in [0.15, 0.2) is 0 Å². The van der Waals surface area contributed by atoms with Crippen LogP contribution in [0.5, 0.6) is 0 Å². The second-order valence-corrected chi connectivity index (χ2v) is 5.12. The summed E-state index contributed by atoms with van der Waals surface area (Å²) >= 11 is -1.09. The number of hydrogen-bond donors (Lipinski definition) is 1. The van der Waals surface area contributed by atoms with Crippen molar-refractivity contribution in [2.75, 3.05) is 13.1 Å². The summed E-state index contributed by atoms with van der Waals surface area (Å²) in [4.78, 5) is 2.52. The summed E-state index contributed by atoms with van der Waals surface area (Å²) in [6.45, 7) is 2.22. The van der Waals surface area contributed by atoms with Crippen LogP contribution in [0.4, 0.5) is 0 Å². The van der Waals surface area contributed by atoms with E-state index in [-0.39, 0.29) is 5.25 Å². The van der Waals surface area contributed by atoms with Gasteiger partial charge in [-0.05, 0) is 12.8 Å². The quantitative estimate of drug-likeness (QED) is 0.631. The van der Waals surface area contributed by atoms with Crippen molar-refractivity contribution in [3.8, 4) is 0 Å². The van der Waals surface area contributed by atoms with Crippen molar-refractivity contribution in [3.05, 3.63) is 0 Å². The molecule has 1 saturated heterocycles. The molecular weight excluding hydrogens is 172 g/mol. The lowest BCUT2D eigenvalue weighted by molar-refractivity contribution is 0.220. The van der Waals surface area contributed by atoms with Gasteiger partial charge in [-0.2, -0.15) is 5.14 Å². The zero-order chi connectivity index (χ0) is 8.55. The van der Waals surface area contributed by atoms with Crippen molar-refractivity contribution >= 4 is 11.4 Å². The maximum absolute atomic E-state index is 11.0. The molecule has 2 N–H and O–H groups in total. The number of hydrogen-bond acceptors (Lipinski definition) is 3. The molecule has 70 valence electrons. The molecule has 0 bridgehead atoms. The summed E-state index contributed by atoms with van der Waals surface area (Å²) < 4.78 is 11.0. The zero-order valence-corrected chi connectivity index (χ0v) is 8.05. The van der Waals surface area contributed by atoms with Crippen LogP contribution in [0.15, 0.2) is 0 Å². The smallest absolute Gasteiger partial charge is 0.137 e. The molecule has 12 heavy (non-hydrogen) atoms. The van der Waals surface area contributed by atoms with E-state index in [2.05, 4.69) is 4.90 Å². The Bertz CT molecular complexity index is 143. The Morgan fingerprint density at radius 3 is 2.17 bits per heavy atom. The van der Waals surface area contributed by atoms with Crippen LogP contribution in [0, 0.1) is 0 Å². The predicted octanol–water partition coefficient (Wildman–Crippen LogP) is 0.236. The van der Waals surface area contributed by atoms with Crippen LogP contribution in [-0.4, -0.2) is 33.8 Å². The Morgan fingerprint density at radius 1 is 1.17 bits per heavy atom. The van der Waals surface area contributed by atoms with Gasteiger partial charge >= 0.3 is 0 Å². The first-order chi connectivity index (χ1) is 5.77. The van der Waals surface area contributed by atoms with Gasteiger partial charge in [0.1, 0.15) is 5.25 Å². The Morgan fingerprint density at radius 2 is 1.75 bits per heavy atom. The molecule has 0 amide bonds. The lowest BCUT2D eigenvalue weighted by Crippen LogP contribution is -2.42. The first kappa shape index (κ1) is 8.81. The van der Waals surface area contributed by atoms with Crippen molar-refractivity contribution in [2.24, 2.45) is 5.14 Å². The third-order valence-electron chi connectivity index (χ3n) is 2.87. The lowest BCUT2D eigenvalue weighted by atomic mass is 10.1. The molecule has 2 rings (SSSR count). The van der Waals surface area contributed by atoms with E-state index in [1.165, 1.54) is 12.8 Å². The summed E-state index contributed by atoms with van der Waals surface area (Å²) in [6, 6.07) is 0.858. The fraction of sp³-hybridized carbons (Fsp3) is 1.00. The molecule has 1 heterocycles. The third-order valence-corrected chi connectivity index (χ3v) is 4.00. The van der Waals surface area contributed by atoms with Crippen LogP contribution < -0.4 is 5.14 Å². The predicted molar refractivity (Wildman–Crippen MR) is 49.9 cm³/mol. The van der Waals surface area contributed by atoms with Crippen LogP contribution in [0.1, 0.15) is 25.7 Å². The molecule has 0 aromatic carbocycles. The Labute approximate surface area is 76.6 Å². The van der Waals surface area contributed by atoms with Gasteiger partial charge in [-0.1, -0.05) is 0 Å². The van der Waals surface area contributed by atoms with Crippen molar-refractivity contribution in [3.63, 3.8) is 0 Å².